The summed E-state index contributed by atoms with van der Waals surface area (Å²) in [6.45, 7) is 4.96. The first kappa shape index (κ1) is 21.4. The van der Waals surface area contributed by atoms with Crippen molar-refractivity contribution in [2.45, 2.75) is 19.4 Å². The van der Waals surface area contributed by atoms with Crippen LogP contribution < -0.4 is 4.90 Å². The Morgan fingerprint density at radius 3 is 2.65 bits per heavy atom. The van der Waals surface area contributed by atoms with Crippen molar-refractivity contribution >= 4 is 34.1 Å². The van der Waals surface area contributed by atoms with E-state index in [0.29, 0.717) is 41.1 Å². The SMILES string of the molecule is CCC(=O)N(C)C(c1ccc(N2CCOCC2)cc1)c1cc(Cl)c2cccnc2c1O. The van der Waals surface area contributed by atoms with Gasteiger partial charge < -0.3 is 19.6 Å². The lowest BCUT2D eigenvalue weighted by Gasteiger charge is -2.31. The number of phenolic OH excluding ortho intramolecular Hbond substituents is 1. The minimum atomic E-state index is -0.491. The van der Waals surface area contributed by atoms with Gasteiger partial charge in [-0.15, -0.1) is 0 Å². The molecular formula is C24H26ClN3O3. The molecule has 4 rings (SSSR count). The average Bonchev–Trinajstić information content (AvgIpc) is 2.82. The van der Waals surface area contributed by atoms with Gasteiger partial charge in [-0.05, 0) is 35.9 Å². The predicted molar refractivity (Wildman–Crippen MR) is 123 cm³/mol. The first-order valence-electron chi connectivity index (χ1n) is 10.5. The molecule has 1 fully saturated rings. The Morgan fingerprint density at radius 1 is 1.26 bits per heavy atom. The number of aromatic nitrogens is 1. The van der Waals surface area contributed by atoms with E-state index in [2.05, 4.69) is 22.0 Å². The summed E-state index contributed by atoms with van der Waals surface area (Å²) in [6.07, 6.45) is 1.98. The van der Waals surface area contributed by atoms with Gasteiger partial charge in [0.15, 0.2) is 0 Å². The van der Waals surface area contributed by atoms with Gasteiger partial charge in [-0.3, -0.25) is 9.78 Å². The van der Waals surface area contributed by atoms with Crippen LogP contribution >= 0.6 is 11.6 Å². The maximum absolute atomic E-state index is 12.6. The number of fused-ring (bicyclic) bond motifs is 1. The molecule has 0 bridgehead atoms. The van der Waals surface area contributed by atoms with Gasteiger partial charge in [0.1, 0.15) is 11.3 Å². The first-order valence-corrected chi connectivity index (χ1v) is 10.8. The van der Waals surface area contributed by atoms with Crippen LogP contribution in [-0.2, 0) is 9.53 Å². The predicted octanol–water partition coefficient (Wildman–Crippen LogP) is 4.39. The Kier molecular flexibility index (Phi) is 6.30. The number of benzene rings is 2. The molecule has 162 valence electrons. The molecule has 1 aromatic heterocycles. The van der Waals surface area contributed by atoms with E-state index in [1.54, 1.807) is 30.3 Å². The van der Waals surface area contributed by atoms with Gasteiger partial charge in [0.2, 0.25) is 5.91 Å². The number of hydrogen-bond donors (Lipinski definition) is 1. The van der Waals surface area contributed by atoms with Crippen LogP contribution in [0.4, 0.5) is 5.69 Å². The van der Waals surface area contributed by atoms with Gasteiger partial charge in [0.05, 0.1) is 24.3 Å². The second-order valence-electron chi connectivity index (χ2n) is 7.65. The van der Waals surface area contributed by atoms with Crippen molar-refractivity contribution in [2.24, 2.45) is 0 Å². The molecule has 3 aromatic rings. The lowest BCUT2D eigenvalue weighted by atomic mass is 9.94. The fraction of sp³-hybridized carbons (Fsp3) is 0.333. The Morgan fingerprint density at radius 2 is 1.97 bits per heavy atom. The monoisotopic (exact) mass is 439 g/mol. The summed E-state index contributed by atoms with van der Waals surface area (Å²) < 4.78 is 5.44. The molecule has 1 saturated heterocycles. The van der Waals surface area contributed by atoms with Crippen LogP contribution in [0.5, 0.6) is 5.75 Å². The first-order chi connectivity index (χ1) is 15.0. The Hall–Kier alpha value is -2.83. The molecule has 6 nitrogen and oxygen atoms in total. The molecule has 2 heterocycles. The molecule has 1 aliphatic rings. The zero-order valence-corrected chi connectivity index (χ0v) is 18.5. The summed E-state index contributed by atoms with van der Waals surface area (Å²) in [5.41, 5.74) is 2.98. The molecule has 2 aromatic carbocycles. The standard InChI is InChI=1S/C24H26ClN3O3/c1-3-21(29)27(2)23(16-6-8-17(9-7-16)28-11-13-31-14-12-28)19-15-20(25)18-5-4-10-26-22(18)24(19)30/h4-10,15,23,30H,3,11-14H2,1-2H3. The second-order valence-corrected chi connectivity index (χ2v) is 8.05. The minimum Gasteiger partial charge on any atom is -0.505 e. The molecule has 1 aliphatic heterocycles. The van der Waals surface area contributed by atoms with Gasteiger partial charge in [-0.25, -0.2) is 0 Å². The van der Waals surface area contributed by atoms with E-state index in [1.165, 1.54) is 0 Å². The average molecular weight is 440 g/mol. The van der Waals surface area contributed by atoms with E-state index in [0.717, 1.165) is 24.3 Å². The number of anilines is 1. The number of pyridine rings is 1. The van der Waals surface area contributed by atoms with E-state index in [-0.39, 0.29) is 11.7 Å². The normalized spacial score (nSPS) is 15.1. The molecule has 0 saturated carbocycles. The van der Waals surface area contributed by atoms with Crippen LogP contribution in [0.2, 0.25) is 5.02 Å². The molecular weight excluding hydrogens is 414 g/mol. The fourth-order valence-corrected chi connectivity index (χ4v) is 4.38. The smallest absolute Gasteiger partial charge is 0.222 e. The van der Waals surface area contributed by atoms with Crippen LogP contribution in [0.25, 0.3) is 10.9 Å². The number of hydrogen-bond acceptors (Lipinski definition) is 5. The van der Waals surface area contributed by atoms with Gasteiger partial charge >= 0.3 is 0 Å². The van der Waals surface area contributed by atoms with Crippen LogP contribution in [-0.4, -0.2) is 54.2 Å². The third-order valence-electron chi connectivity index (χ3n) is 5.81. The summed E-state index contributed by atoms with van der Waals surface area (Å²) in [6, 6.07) is 13.0. The molecule has 0 spiro atoms. The molecule has 1 unspecified atom stereocenters. The highest BCUT2D eigenvalue weighted by Gasteiger charge is 2.27. The number of carbonyl (C=O) groups excluding carboxylic acids is 1. The molecule has 0 radical (unpaired) electrons. The second kappa shape index (κ2) is 9.12. The van der Waals surface area contributed by atoms with Gasteiger partial charge in [0.25, 0.3) is 0 Å². The van der Waals surface area contributed by atoms with Crippen LogP contribution in [0, 0.1) is 0 Å². The number of carbonyl (C=O) groups is 1. The molecule has 1 atom stereocenters. The fourth-order valence-electron chi connectivity index (χ4n) is 4.11. The topological polar surface area (TPSA) is 65.9 Å². The van der Waals surface area contributed by atoms with E-state index < -0.39 is 6.04 Å². The number of ether oxygens (including phenoxy) is 1. The summed E-state index contributed by atoms with van der Waals surface area (Å²) in [7, 11) is 1.75. The van der Waals surface area contributed by atoms with Crippen molar-refractivity contribution in [3.63, 3.8) is 0 Å². The number of amides is 1. The third kappa shape index (κ3) is 4.18. The minimum absolute atomic E-state index is 0.0288. The summed E-state index contributed by atoms with van der Waals surface area (Å²) in [5, 5.41) is 12.3. The quantitative estimate of drug-likeness (QED) is 0.638. The van der Waals surface area contributed by atoms with Gasteiger partial charge in [0, 0.05) is 49.4 Å². The van der Waals surface area contributed by atoms with E-state index >= 15 is 0 Å². The Labute approximate surface area is 187 Å². The van der Waals surface area contributed by atoms with Crippen molar-refractivity contribution in [1.82, 2.24) is 9.88 Å². The van der Waals surface area contributed by atoms with Crippen molar-refractivity contribution < 1.29 is 14.6 Å². The third-order valence-corrected chi connectivity index (χ3v) is 6.12. The molecule has 0 aliphatic carbocycles. The van der Waals surface area contributed by atoms with Crippen molar-refractivity contribution in [3.05, 3.63) is 64.8 Å². The Balaban J connectivity index is 1.79. The largest absolute Gasteiger partial charge is 0.505 e. The van der Waals surface area contributed by atoms with Crippen LogP contribution in [0.3, 0.4) is 0 Å². The van der Waals surface area contributed by atoms with Crippen molar-refractivity contribution in [3.8, 4) is 5.75 Å². The van der Waals surface area contributed by atoms with Crippen LogP contribution in [0.15, 0.2) is 48.7 Å². The zero-order valence-electron chi connectivity index (χ0n) is 17.7. The lowest BCUT2D eigenvalue weighted by Crippen LogP contribution is -2.36. The van der Waals surface area contributed by atoms with E-state index in [9.17, 15) is 9.90 Å². The number of nitrogens with zero attached hydrogens (tertiary/aromatic N) is 3. The number of morpholine rings is 1. The van der Waals surface area contributed by atoms with Crippen LogP contribution in [0.1, 0.15) is 30.5 Å². The summed E-state index contributed by atoms with van der Waals surface area (Å²) in [5.74, 6) is 0.0110. The molecule has 1 amide bonds. The van der Waals surface area contributed by atoms with E-state index in [4.69, 9.17) is 16.3 Å². The summed E-state index contributed by atoms with van der Waals surface area (Å²) >= 11 is 6.54. The highest BCUT2D eigenvalue weighted by Crippen LogP contribution is 2.41. The number of halogens is 1. The van der Waals surface area contributed by atoms with Crippen molar-refractivity contribution in [2.75, 3.05) is 38.3 Å². The Bertz CT molecular complexity index is 1080. The van der Waals surface area contributed by atoms with Gasteiger partial charge in [-0.1, -0.05) is 30.7 Å². The molecule has 7 heteroatoms. The molecule has 31 heavy (non-hydrogen) atoms. The molecule has 1 N–H and O–H groups in total. The number of phenols is 1. The lowest BCUT2D eigenvalue weighted by molar-refractivity contribution is -0.131. The zero-order chi connectivity index (χ0) is 22.0. The number of rotatable bonds is 5. The van der Waals surface area contributed by atoms with Gasteiger partial charge in [-0.2, -0.15) is 0 Å². The highest BCUT2D eigenvalue weighted by molar-refractivity contribution is 6.35. The highest BCUT2D eigenvalue weighted by atomic mass is 35.5. The maximum Gasteiger partial charge on any atom is 0.222 e. The van der Waals surface area contributed by atoms with E-state index in [1.807, 2.05) is 25.1 Å². The maximum atomic E-state index is 12.6. The summed E-state index contributed by atoms with van der Waals surface area (Å²) in [4.78, 5) is 20.9. The number of aromatic hydroxyl groups is 1. The van der Waals surface area contributed by atoms with Crippen molar-refractivity contribution in [1.29, 1.82) is 0 Å².